The van der Waals surface area contributed by atoms with Crippen molar-refractivity contribution in [3.05, 3.63) is 0 Å². The van der Waals surface area contributed by atoms with E-state index in [-0.39, 0.29) is 12.2 Å². The molecule has 0 aromatic carbocycles. The second-order valence-electron chi connectivity index (χ2n) is 5.23. The fourth-order valence-electron chi connectivity index (χ4n) is 1.41. The first-order valence-corrected chi connectivity index (χ1v) is 6.02. The monoisotopic (exact) mass is 229 g/mol. The standard InChI is InChI=1S/C12H23NO3/c1-5-6-7-15-10-8-13(9-10)11(14)16-12(2,3)4/h10H,5-9H2,1-4H3. The lowest BCUT2D eigenvalue weighted by Gasteiger charge is -2.39. The zero-order valence-electron chi connectivity index (χ0n) is 10.8. The molecule has 0 saturated carbocycles. The number of carbonyl (C=O) groups excluding carboxylic acids is 1. The van der Waals surface area contributed by atoms with Crippen molar-refractivity contribution in [1.82, 2.24) is 4.90 Å². The Morgan fingerprint density at radius 1 is 1.38 bits per heavy atom. The molecule has 94 valence electrons. The van der Waals surface area contributed by atoms with Gasteiger partial charge in [0.05, 0.1) is 19.2 Å². The van der Waals surface area contributed by atoms with Gasteiger partial charge in [-0.15, -0.1) is 0 Å². The van der Waals surface area contributed by atoms with E-state index in [0.29, 0.717) is 13.1 Å². The molecule has 0 unspecified atom stereocenters. The van der Waals surface area contributed by atoms with Gasteiger partial charge in [0.25, 0.3) is 0 Å². The van der Waals surface area contributed by atoms with Crippen LogP contribution in [-0.2, 0) is 9.47 Å². The van der Waals surface area contributed by atoms with Crippen LogP contribution in [0.4, 0.5) is 4.79 Å². The molecule has 4 heteroatoms. The number of rotatable bonds is 4. The Bertz CT molecular complexity index is 229. The highest BCUT2D eigenvalue weighted by atomic mass is 16.6. The third kappa shape index (κ3) is 4.39. The molecule has 1 aliphatic rings. The van der Waals surface area contributed by atoms with Crippen molar-refractivity contribution >= 4 is 6.09 Å². The number of nitrogens with zero attached hydrogens (tertiary/aromatic N) is 1. The molecule has 16 heavy (non-hydrogen) atoms. The molecule has 1 fully saturated rings. The highest BCUT2D eigenvalue weighted by molar-refractivity contribution is 5.69. The molecular formula is C12H23NO3. The van der Waals surface area contributed by atoms with Crippen LogP contribution in [0.1, 0.15) is 40.5 Å². The molecule has 1 aliphatic heterocycles. The molecule has 0 aromatic rings. The zero-order chi connectivity index (χ0) is 12.2. The van der Waals surface area contributed by atoms with Gasteiger partial charge in [-0.05, 0) is 27.2 Å². The summed E-state index contributed by atoms with van der Waals surface area (Å²) < 4.78 is 10.8. The van der Waals surface area contributed by atoms with Gasteiger partial charge in [-0.25, -0.2) is 4.79 Å². The van der Waals surface area contributed by atoms with Crippen LogP contribution in [0.15, 0.2) is 0 Å². The lowest BCUT2D eigenvalue weighted by atomic mass is 10.1. The Morgan fingerprint density at radius 3 is 2.50 bits per heavy atom. The summed E-state index contributed by atoms with van der Waals surface area (Å²) in [5, 5.41) is 0. The van der Waals surface area contributed by atoms with E-state index >= 15 is 0 Å². The van der Waals surface area contributed by atoms with Crippen LogP contribution < -0.4 is 0 Å². The molecule has 0 aromatic heterocycles. The summed E-state index contributed by atoms with van der Waals surface area (Å²) in [6.45, 7) is 9.89. The van der Waals surface area contributed by atoms with Crippen LogP contribution in [0.3, 0.4) is 0 Å². The van der Waals surface area contributed by atoms with Gasteiger partial charge in [0, 0.05) is 6.61 Å². The highest BCUT2D eigenvalue weighted by Gasteiger charge is 2.33. The number of carbonyl (C=O) groups is 1. The van der Waals surface area contributed by atoms with Gasteiger partial charge < -0.3 is 14.4 Å². The average molecular weight is 229 g/mol. The van der Waals surface area contributed by atoms with Crippen molar-refractivity contribution < 1.29 is 14.3 Å². The molecule has 1 saturated heterocycles. The number of amides is 1. The van der Waals surface area contributed by atoms with Gasteiger partial charge in [0.15, 0.2) is 0 Å². The lowest BCUT2D eigenvalue weighted by Crippen LogP contribution is -2.55. The number of likely N-dealkylation sites (tertiary alicyclic amines) is 1. The average Bonchev–Trinajstić information content (AvgIpc) is 2.05. The van der Waals surface area contributed by atoms with Gasteiger partial charge >= 0.3 is 6.09 Å². The van der Waals surface area contributed by atoms with E-state index < -0.39 is 5.60 Å². The second-order valence-corrected chi connectivity index (χ2v) is 5.23. The first-order valence-electron chi connectivity index (χ1n) is 6.02. The molecule has 4 nitrogen and oxygen atoms in total. The Balaban J connectivity index is 2.13. The molecular weight excluding hydrogens is 206 g/mol. The summed E-state index contributed by atoms with van der Waals surface area (Å²) in [5.41, 5.74) is -0.411. The predicted molar refractivity (Wildman–Crippen MR) is 62.5 cm³/mol. The van der Waals surface area contributed by atoms with E-state index in [0.717, 1.165) is 19.4 Å². The van der Waals surface area contributed by atoms with Crippen LogP contribution in [0.2, 0.25) is 0 Å². The maximum Gasteiger partial charge on any atom is 0.410 e. The van der Waals surface area contributed by atoms with E-state index in [1.165, 1.54) is 0 Å². The molecule has 0 radical (unpaired) electrons. The van der Waals surface area contributed by atoms with E-state index in [4.69, 9.17) is 9.47 Å². The fourth-order valence-corrected chi connectivity index (χ4v) is 1.41. The summed E-state index contributed by atoms with van der Waals surface area (Å²) >= 11 is 0. The molecule has 0 N–H and O–H groups in total. The number of hydrogen-bond donors (Lipinski definition) is 0. The number of hydrogen-bond acceptors (Lipinski definition) is 3. The minimum atomic E-state index is -0.411. The van der Waals surface area contributed by atoms with E-state index in [9.17, 15) is 4.79 Å². The van der Waals surface area contributed by atoms with Crippen molar-refractivity contribution in [3.8, 4) is 0 Å². The molecule has 1 rings (SSSR count). The van der Waals surface area contributed by atoms with Gasteiger partial charge in [-0.3, -0.25) is 0 Å². The van der Waals surface area contributed by atoms with Gasteiger partial charge in [0.2, 0.25) is 0 Å². The molecule has 0 aliphatic carbocycles. The number of ether oxygens (including phenoxy) is 2. The van der Waals surface area contributed by atoms with Crippen LogP contribution in [0.25, 0.3) is 0 Å². The smallest absolute Gasteiger partial charge is 0.410 e. The van der Waals surface area contributed by atoms with Crippen molar-refractivity contribution in [2.45, 2.75) is 52.2 Å². The Morgan fingerprint density at radius 2 is 2.00 bits per heavy atom. The maximum absolute atomic E-state index is 11.6. The molecule has 1 amide bonds. The summed E-state index contributed by atoms with van der Waals surface area (Å²) in [7, 11) is 0. The quantitative estimate of drug-likeness (QED) is 0.695. The summed E-state index contributed by atoms with van der Waals surface area (Å²) in [5.74, 6) is 0. The SMILES string of the molecule is CCCCOC1CN(C(=O)OC(C)(C)C)C1. The topological polar surface area (TPSA) is 38.8 Å². The molecule has 1 heterocycles. The molecule has 0 bridgehead atoms. The van der Waals surface area contributed by atoms with Gasteiger partial charge in [0.1, 0.15) is 5.60 Å². The first kappa shape index (κ1) is 13.3. The summed E-state index contributed by atoms with van der Waals surface area (Å²) in [6, 6.07) is 0. The van der Waals surface area contributed by atoms with Gasteiger partial charge in [-0.1, -0.05) is 13.3 Å². The fraction of sp³-hybridized carbons (Fsp3) is 0.917. The second kappa shape index (κ2) is 5.53. The Kier molecular flexibility index (Phi) is 4.59. The predicted octanol–water partition coefficient (Wildman–Crippen LogP) is 2.42. The molecule has 0 atom stereocenters. The van der Waals surface area contributed by atoms with Crippen molar-refractivity contribution in [3.63, 3.8) is 0 Å². The van der Waals surface area contributed by atoms with Gasteiger partial charge in [-0.2, -0.15) is 0 Å². The zero-order valence-corrected chi connectivity index (χ0v) is 10.8. The maximum atomic E-state index is 11.6. The summed E-state index contributed by atoms with van der Waals surface area (Å²) in [6.07, 6.45) is 2.20. The van der Waals surface area contributed by atoms with Crippen molar-refractivity contribution in [1.29, 1.82) is 0 Å². The van der Waals surface area contributed by atoms with Crippen LogP contribution in [-0.4, -0.2) is 42.4 Å². The molecule has 0 spiro atoms. The number of unbranched alkanes of at least 4 members (excludes halogenated alkanes) is 1. The van der Waals surface area contributed by atoms with E-state index in [1.807, 2.05) is 20.8 Å². The van der Waals surface area contributed by atoms with Crippen molar-refractivity contribution in [2.75, 3.05) is 19.7 Å². The lowest BCUT2D eigenvalue weighted by molar-refractivity contribution is -0.0635. The van der Waals surface area contributed by atoms with E-state index in [1.54, 1.807) is 4.90 Å². The van der Waals surface area contributed by atoms with Crippen LogP contribution >= 0.6 is 0 Å². The summed E-state index contributed by atoms with van der Waals surface area (Å²) in [4.78, 5) is 13.2. The third-order valence-electron chi connectivity index (χ3n) is 2.35. The van der Waals surface area contributed by atoms with Crippen LogP contribution in [0.5, 0.6) is 0 Å². The minimum absolute atomic E-state index is 0.207. The largest absolute Gasteiger partial charge is 0.444 e. The normalized spacial score (nSPS) is 17.1. The first-order chi connectivity index (χ1) is 7.42. The Labute approximate surface area is 97.9 Å². The highest BCUT2D eigenvalue weighted by Crippen LogP contribution is 2.17. The third-order valence-corrected chi connectivity index (χ3v) is 2.35. The van der Waals surface area contributed by atoms with Crippen molar-refractivity contribution in [2.24, 2.45) is 0 Å². The van der Waals surface area contributed by atoms with Crippen LogP contribution in [0, 0.1) is 0 Å². The Hall–Kier alpha value is -0.770. The van der Waals surface area contributed by atoms with E-state index in [2.05, 4.69) is 6.92 Å². The minimum Gasteiger partial charge on any atom is -0.444 e.